The van der Waals surface area contributed by atoms with E-state index in [0.717, 1.165) is 31.3 Å². The van der Waals surface area contributed by atoms with Crippen molar-refractivity contribution < 1.29 is 4.79 Å². The number of alkyl halides is 1. The number of hydrogen-bond donors (Lipinski definition) is 1. The van der Waals surface area contributed by atoms with E-state index in [1.54, 1.807) is 0 Å². The van der Waals surface area contributed by atoms with E-state index in [4.69, 9.17) is 0 Å². The van der Waals surface area contributed by atoms with Gasteiger partial charge in [0.25, 0.3) is 0 Å². The van der Waals surface area contributed by atoms with Crippen LogP contribution < -0.4 is 5.43 Å². The number of hydrazine groups is 1. The van der Waals surface area contributed by atoms with Gasteiger partial charge in [-0.2, -0.15) is 0 Å². The van der Waals surface area contributed by atoms with Gasteiger partial charge in [0.15, 0.2) is 0 Å². The van der Waals surface area contributed by atoms with Crippen molar-refractivity contribution in [3.8, 4) is 0 Å². The largest absolute Gasteiger partial charge is 0.289 e. The molecule has 0 saturated carbocycles. The molecule has 0 aliphatic carbocycles. The van der Waals surface area contributed by atoms with Crippen LogP contribution in [0.1, 0.15) is 38.5 Å². The Labute approximate surface area is 94.3 Å². The van der Waals surface area contributed by atoms with Crippen molar-refractivity contribution in [2.45, 2.75) is 38.5 Å². The fraction of sp³-hybridized carbons (Fsp3) is 0.900. The Morgan fingerprint density at radius 1 is 1.21 bits per heavy atom. The summed E-state index contributed by atoms with van der Waals surface area (Å²) in [6.45, 7) is 2.04. The second-order valence-corrected chi connectivity index (χ2v) is 4.52. The van der Waals surface area contributed by atoms with E-state index in [9.17, 15) is 4.79 Å². The molecule has 0 aromatic carbocycles. The number of nitrogens with zero attached hydrogens (tertiary/aromatic N) is 1. The quantitative estimate of drug-likeness (QED) is 0.608. The minimum atomic E-state index is 0.174. The number of unbranched alkanes of at least 4 members (excludes halogenated alkanes) is 1. The van der Waals surface area contributed by atoms with Crippen LogP contribution in [0.2, 0.25) is 0 Å². The van der Waals surface area contributed by atoms with Crippen molar-refractivity contribution in [3.05, 3.63) is 0 Å². The van der Waals surface area contributed by atoms with Crippen LogP contribution in [0.5, 0.6) is 0 Å². The maximum atomic E-state index is 11.4. The molecule has 0 aromatic rings. The van der Waals surface area contributed by atoms with Crippen LogP contribution in [0.25, 0.3) is 0 Å². The number of carbonyl (C=O) groups is 1. The Hall–Kier alpha value is -0.0900. The van der Waals surface area contributed by atoms with Crippen LogP contribution in [0.4, 0.5) is 0 Å². The summed E-state index contributed by atoms with van der Waals surface area (Å²) in [5.41, 5.74) is 2.96. The first-order chi connectivity index (χ1) is 6.83. The molecule has 1 N–H and O–H groups in total. The molecule has 0 aromatic heterocycles. The third kappa shape index (κ3) is 4.96. The minimum Gasteiger partial charge on any atom is -0.289 e. The molecule has 0 spiro atoms. The standard InChI is InChI=1S/C10H19BrN2O/c11-7-3-2-6-10(14)12-13-8-4-1-5-9-13/h1-9H2,(H,12,14). The van der Waals surface area contributed by atoms with E-state index >= 15 is 0 Å². The van der Waals surface area contributed by atoms with Crippen molar-refractivity contribution in [1.29, 1.82) is 0 Å². The number of rotatable bonds is 5. The molecule has 0 atom stereocenters. The number of nitrogens with one attached hydrogen (secondary N) is 1. The highest BCUT2D eigenvalue weighted by Crippen LogP contribution is 2.06. The SMILES string of the molecule is O=C(CCCCBr)NN1CCCCC1. The van der Waals surface area contributed by atoms with E-state index in [2.05, 4.69) is 26.4 Å². The summed E-state index contributed by atoms with van der Waals surface area (Å²) in [5.74, 6) is 0.174. The summed E-state index contributed by atoms with van der Waals surface area (Å²) < 4.78 is 0. The minimum absolute atomic E-state index is 0.174. The Balaban J connectivity index is 2.06. The third-order valence-electron chi connectivity index (χ3n) is 2.43. The number of piperidine rings is 1. The van der Waals surface area contributed by atoms with Crippen LogP contribution in [0, 0.1) is 0 Å². The molecular weight excluding hydrogens is 244 g/mol. The lowest BCUT2D eigenvalue weighted by Gasteiger charge is -2.26. The van der Waals surface area contributed by atoms with Gasteiger partial charge in [0.1, 0.15) is 0 Å². The van der Waals surface area contributed by atoms with Gasteiger partial charge in [-0.3, -0.25) is 10.2 Å². The zero-order valence-electron chi connectivity index (χ0n) is 8.60. The average molecular weight is 263 g/mol. The molecule has 1 heterocycles. The molecule has 0 bridgehead atoms. The van der Waals surface area contributed by atoms with Gasteiger partial charge in [-0.1, -0.05) is 22.4 Å². The van der Waals surface area contributed by atoms with Crippen molar-refractivity contribution in [2.24, 2.45) is 0 Å². The molecule has 3 nitrogen and oxygen atoms in total. The molecule has 1 fully saturated rings. The third-order valence-corrected chi connectivity index (χ3v) is 2.99. The zero-order valence-corrected chi connectivity index (χ0v) is 10.2. The van der Waals surface area contributed by atoms with Gasteiger partial charge < -0.3 is 0 Å². The lowest BCUT2D eigenvalue weighted by atomic mass is 10.2. The van der Waals surface area contributed by atoms with Crippen molar-refractivity contribution in [1.82, 2.24) is 10.4 Å². The predicted octanol–water partition coefficient (Wildman–Crippen LogP) is 2.07. The van der Waals surface area contributed by atoms with E-state index < -0.39 is 0 Å². The highest BCUT2D eigenvalue weighted by atomic mass is 79.9. The highest BCUT2D eigenvalue weighted by molar-refractivity contribution is 9.09. The summed E-state index contributed by atoms with van der Waals surface area (Å²) in [5, 5.41) is 3.05. The molecule has 0 unspecified atom stereocenters. The van der Waals surface area contributed by atoms with Crippen LogP contribution in [-0.4, -0.2) is 29.3 Å². The highest BCUT2D eigenvalue weighted by Gasteiger charge is 2.11. The Morgan fingerprint density at radius 3 is 2.57 bits per heavy atom. The molecule has 1 saturated heterocycles. The Kier molecular flexibility index (Phi) is 6.19. The molecular formula is C10H19BrN2O. The Morgan fingerprint density at radius 2 is 1.93 bits per heavy atom. The monoisotopic (exact) mass is 262 g/mol. The summed E-state index contributed by atoms with van der Waals surface area (Å²) >= 11 is 3.36. The van der Waals surface area contributed by atoms with Crippen LogP contribution in [0.15, 0.2) is 0 Å². The fourth-order valence-electron chi connectivity index (χ4n) is 1.62. The van der Waals surface area contributed by atoms with Gasteiger partial charge in [0.2, 0.25) is 5.91 Å². The van der Waals surface area contributed by atoms with E-state index in [-0.39, 0.29) is 5.91 Å². The summed E-state index contributed by atoms with van der Waals surface area (Å²) in [7, 11) is 0. The van der Waals surface area contributed by atoms with Gasteiger partial charge in [-0.25, -0.2) is 5.01 Å². The first-order valence-electron chi connectivity index (χ1n) is 5.43. The molecule has 1 aliphatic heterocycles. The predicted molar refractivity (Wildman–Crippen MR) is 61.2 cm³/mol. The van der Waals surface area contributed by atoms with Gasteiger partial charge in [0.05, 0.1) is 0 Å². The van der Waals surface area contributed by atoms with Crippen LogP contribution in [0.3, 0.4) is 0 Å². The van der Waals surface area contributed by atoms with E-state index in [1.807, 2.05) is 0 Å². The second-order valence-electron chi connectivity index (χ2n) is 3.73. The average Bonchev–Trinajstić information content (AvgIpc) is 2.20. The summed E-state index contributed by atoms with van der Waals surface area (Å²) in [6, 6.07) is 0. The van der Waals surface area contributed by atoms with Crippen molar-refractivity contribution >= 4 is 21.8 Å². The van der Waals surface area contributed by atoms with E-state index in [0.29, 0.717) is 6.42 Å². The number of carbonyl (C=O) groups excluding carboxylic acids is 1. The Bertz CT molecular complexity index is 170. The lowest BCUT2D eigenvalue weighted by molar-refractivity contribution is -0.126. The van der Waals surface area contributed by atoms with Gasteiger partial charge in [-0.05, 0) is 25.7 Å². The number of hydrogen-bond acceptors (Lipinski definition) is 2. The molecule has 1 rings (SSSR count). The van der Waals surface area contributed by atoms with Gasteiger partial charge in [-0.15, -0.1) is 0 Å². The van der Waals surface area contributed by atoms with Crippen molar-refractivity contribution in [2.75, 3.05) is 18.4 Å². The molecule has 0 radical (unpaired) electrons. The summed E-state index contributed by atoms with van der Waals surface area (Å²) in [4.78, 5) is 11.4. The smallest absolute Gasteiger partial charge is 0.234 e. The zero-order chi connectivity index (χ0) is 10.2. The van der Waals surface area contributed by atoms with E-state index in [1.165, 1.54) is 19.3 Å². The first-order valence-corrected chi connectivity index (χ1v) is 6.55. The molecule has 82 valence electrons. The van der Waals surface area contributed by atoms with Crippen LogP contribution >= 0.6 is 15.9 Å². The summed E-state index contributed by atoms with van der Waals surface area (Å²) in [6.07, 6.45) is 6.43. The van der Waals surface area contributed by atoms with Crippen LogP contribution in [-0.2, 0) is 4.79 Å². The maximum Gasteiger partial charge on any atom is 0.234 e. The lowest BCUT2D eigenvalue weighted by Crippen LogP contribution is -2.44. The normalized spacial score (nSPS) is 18.1. The molecule has 1 amide bonds. The molecule has 14 heavy (non-hydrogen) atoms. The van der Waals surface area contributed by atoms with Crippen molar-refractivity contribution in [3.63, 3.8) is 0 Å². The van der Waals surface area contributed by atoms with Gasteiger partial charge in [0, 0.05) is 24.8 Å². The first kappa shape index (κ1) is 12.0. The molecule has 4 heteroatoms. The second kappa shape index (κ2) is 7.23. The number of amides is 1. The topological polar surface area (TPSA) is 32.3 Å². The fourth-order valence-corrected chi connectivity index (χ4v) is 2.01. The maximum absolute atomic E-state index is 11.4. The number of halogens is 1. The van der Waals surface area contributed by atoms with Gasteiger partial charge >= 0.3 is 0 Å². The molecule has 1 aliphatic rings.